The predicted molar refractivity (Wildman–Crippen MR) is 106 cm³/mol. The molecule has 0 saturated carbocycles. The van der Waals surface area contributed by atoms with Crippen LogP contribution in [0.1, 0.15) is 6.92 Å². The van der Waals surface area contributed by atoms with E-state index in [1.54, 1.807) is 30.3 Å². The van der Waals surface area contributed by atoms with Gasteiger partial charge >= 0.3 is 0 Å². The quantitative estimate of drug-likeness (QED) is 0.666. The summed E-state index contributed by atoms with van der Waals surface area (Å²) < 4.78 is 26.5. The van der Waals surface area contributed by atoms with E-state index in [4.69, 9.17) is 11.6 Å². The number of carbonyl (C=O) groups excluding carboxylic acids is 1. The molecule has 0 spiro atoms. The number of nitrogens with zero attached hydrogens (tertiary/aromatic N) is 1. The Hall–Kier alpha value is -1.32. The summed E-state index contributed by atoms with van der Waals surface area (Å²) in [5.41, 5.74) is 0.946. The smallest absolute Gasteiger partial charge is 0.247 e. The van der Waals surface area contributed by atoms with Crippen molar-refractivity contribution in [2.75, 3.05) is 15.9 Å². The first-order valence-corrected chi connectivity index (χ1v) is 10.3. The van der Waals surface area contributed by atoms with Gasteiger partial charge in [0.1, 0.15) is 6.04 Å². The zero-order valence-electron chi connectivity index (χ0n) is 13.0. The molecular formula is C16H16ClIN2O3S. The Balaban J connectivity index is 2.29. The average molecular weight is 479 g/mol. The lowest BCUT2D eigenvalue weighted by molar-refractivity contribution is -0.116. The molecular weight excluding hydrogens is 463 g/mol. The fourth-order valence-electron chi connectivity index (χ4n) is 2.20. The highest BCUT2D eigenvalue weighted by Crippen LogP contribution is 2.24. The lowest BCUT2D eigenvalue weighted by atomic mass is 10.2. The van der Waals surface area contributed by atoms with E-state index in [0.29, 0.717) is 16.4 Å². The van der Waals surface area contributed by atoms with E-state index in [1.165, 1.54) is 13.0 Å². The van der Waals surface area contributed by atoms with Gasteiger partial charge in [-0.15, -0.1) is 0 Å². The van der Waals surface area contributed by atoms with Gasteiger partial charge in [0.25, 0.3) is 0 Å². The van der Waals surface area contributed by atoms with E-state index >= 15 is 0 Å². The summed E-state index contributed by atoms with van der Waals surface area (Å²) in [5, 5.41) is 3.12. The second-order valence-electron chi connectivity index (χ2n) is 5.21. The standard InChI is InChI=1S/C16H16ClIN2O3S/c1-11(16(21)19-14-8-6-13(18)7-9-14)20(24(2,22)23)15-5-3-4-12(17)10-15/h3-11H,1-2H3,(H,19,21)/t11-/m0/s1. The van der Waals surface area contributed by atoms with Crippen molar-refractivity contribution in [3.63, 3.8) is 0 Å². The molecule has 1 atom stereocenters. The summed E-state index contributed by atoms with van der Waals surface area (Å²) in [7, 11) is -3.67. The van der Waals surface area contributed by atoms with Crippen molar-refractivity contribution in [2.24, 2.45) is 0 Å². The first-order valence-electron chi connectivity index (χ1n) is 7.00. The first kappa shape index (κ1) is 19.0. The zero-order valence-corrected chi connectivity index (χ0v) is 16.8. The van der Waals surface area contributed by atoms with Crippen molar-refractivity contribution in [3.8, 4) is 0 Å². The zero-order chi connectivity index (χ0) is 17.9. The van der Waals surface area contributed by atoms with Crippen LogP contribution in [0, 0.1) is 3.57 Å². The molecule has 0 aromatic heterocycles. The third-order valence-corrected chi connectivity index (χ3v) is 5.46. The molecule has 2 rings (SSSR count). The largest absolute Gasteiger partial charge is 0.324 e. The SMILES string of the molecule is C[C@@H](C(=O)Nc1ccc(I)cc1)N(c1cccc(Cl)c1)S(C)(=O)=O. The van der Waals surface area contributed by atoms with Crippen LogP contribution in [0.4, 0.5) is 11.4 Å². The third kappa shape index (κ3) is 4.84. The molecule has 8 heteroatoms. The summed E-state index contributed by atoms with van der Waals surface area (Å²) >= 11 is 8.11. The highest BCUT2D eigenvalue weighted by Gasteiger charge is 2.29. The Morgan fingerprint density at radius 3 is 2.38 bits per heavy atom. The molecule has 24 heavy (non-hydrogen) atoms. The number of sulfonamides is 1. The molecule has 5 nitrogen and oxygen atoms in total. The fraction of sp³-hybridized carbons (Fsp3) is 0.188. The number of hydrogen-bond acceptors (Lipinski definition) is 3. The van der Waals surface area contributed by atoms with E-state index in [2.05, 4.69) is 27.9 Å². The van der Waals surface area contributed by atoms with Crippen molar-refractivity contribution in [3.05, 3.63) is 57.1 Å². The minimum absolute atomic E-state index is 0.343. The Morgan fingerprint density at radius 1 is 1.21 bits per heavy atom. The van der Waals surface area contributed by atoms with Crippen LogP contribution in [-0.2, 0) is 14.8 Å². The van der Waals surface area contributed by atoms with Crippen LogP contribution in [0.5, 0.6) is 0 Å². The average Bonchev–Trinajstić information content (AvgIpc) is 2.48. The van der Waals surface area contributed by atoms with Crippen LogP contribution in [0.2, 0.25) is 5.02 Å². The maximum Gasteiger partial charge on any atom is 0.247 e. The van der Waals surface area contributed by atoms with Gasteiger partial charge in [-0.2, -0.15) is 0 Å². The highest BCUT2D eigenvalue weighted by atomic mass is 127. The van der Waals surface area contributed by atoms with Crippen LogP contribution in [0.3, 0.4) is 0 Å². The molecule has 0 aliphatic rings. The third-order valence-electron chi connectivity index (χ3n) is 3.26. The lowest BCUT2D eigenvalue weighted by Gasteiger charge is -2.28. The first-order chi connectivity index (χ1) is 11.2. The number of benzene rings is 2. The number of hydrogen-bond donors (Lipinski definition) is 1. The number of anilines is 2. The molecule has 0 unspecified atom stereocenters. The summed E-state index contributed by atoms with van der Waals surface area (Å²) in [6.07, 6.45) is 1.06. The maximum absolute atomic E-state index is 12.5. The summed E-state index contributed by atoms with van der Waals surface area (Å²) in [5.74, 6) is -0.429. The molecule has 1 amide bonds. The second kappa shape index (κ2) is 7.71. The van der Waals surface area contributed by atoms with Crippen LogP contribution in [-0.4, -0.2) is 26.6 Å². The van der Waals surface area contributed by atoms with Crippen molar-refractivity contribution in [1.82, 2.24) is 0 Å². The van der Waals surface area contributed by atoms with E-state index in [9.17, 15) is 13.2 Å². The molecule has 0 saturated heterocycles. The molecule has 0 radical (unpaired) electrons. The minimum atomic E-state index is -3.67. The van der Waals surface area contributed by atoms with Crippen molar-refractivity contribution >= 4 is 61.5 Å². The van der Waals surface area contributed by atoms with Gasteiger partial charge < -0.3 is 5.32 Å². The van der Waals surface area contributed by atoms with Gasteiger partial charge in [-0.1, -0.05) is 17.7 Å². The molecule has 1 N–H and O–H groups in total. The van der Waals surface area contributed by atoms with E-state index < -0.39 is 22.0 Å². The van der Waals surface area contributed by atoms with E-state index in [0.717, 1.165) is 14.1 Å². The molecule has 2 aromatic rings. The van der Waals surface area contributed by atoms with Crippen molar-refractivity contribution in [2.45, 2.75) is 13.0 Å². The number of rotatable bonds is 5. The summed E-state index contributed by atoms with van der Waals surface area (Å²) in [6, 6.07) is 12.7. The van der Waals surface area contributed by atoms with Gasteiger partial charge in [0.15, 0.2) is 0 Å². The number of carbonyl (C=O) groups is 1. The van der Waals surface area contributed by atoms with Gasteiger partial charge in [-0.3, -0.25) is 9.10 Å². The predicted octanol–water partition coefficient (Wildman–Crippen LogP) is 3.74. The van der Waals surface area contributed by atoms with Gasteiger partial charge in [-0.25, -0.2) is 8.42 Å². The summed E-state index contributed by atoms with van der Waals surface area (Å²) in [6.45, 7) is 1.53. The molecule has 128 valence electrons. The molecule has 0 aliphatic heterocycles. The minimum Gasteiger partial charge on any atom is -0.324 e. The van der Waals surface area contributed by atoms with Gasteiger partial charge in [0.2, 0.25) is 15.9 Å². The Labute approximate surface area is 160 Å². The molecule has 0 heterocycles. The van der Waals surface area contributed by atoms with Crippen molar-refractivity contribution < 1.29 is 13.2 Å². The molecule has 2 aromatic carbocycles. The topological polar surface area (TPSA) is 66.5 Å². The van der Waals surface area contributed by atoms with Gasteiger partial charge in [0.05, 0.1) is 11.9 Å². The molecule has 0 fully saturated rings. The molecule has 0 aliphatic carbocycles. The van der Waals surface area contributed by atoms with Crippen LogP contribution in [0.15, 0.2) is 48.5 Å². The Bertz CT molecular complexity index is 841. The highest BCUT2D eigenvalue weighted by molar-refractivity contribution is 14.1. The van der Waals surface area contributed by atoms with E-state index in [1.807, 2.05) is 12.1 Å². The second-order valence-corrected chi connectivity index (χ2v) is 8.75. The van der Waals surface area contributed by atoms with Gasteiger partial charge in [-0.05, 0) is 72.0 Å². The maximum atomic E-state index is 12.5. The normalized spacial score (nSPS) is 12.5. The van der Waals surface area contributed by atoms with Crippen LogP contribution < -0.4 is 9.62 Å². The van der Waals surface area contributed by atoms with E-state index in [-0.39, 0.29) is 0 Å². The number of amides is 1. The molecule has 0 bridgehead atoms. The number of halogens is 2. The van der Waals surface area contributed by atoms with Crippen LogP contribution >= 0.6 is 34.2 Å². The van der Waals surface area contributed by atoms with Gasteiger partial charge in [0, 0.05) is 14.3 Å². The summed E-state index contributed by atoms with van der Waals surface area (Å²) in [4.78, 5) is 12.5. The number of nitrogens with one attached hydrogen (secondary N) is 1. The van der Waals surface area contributed by atoms with Crippen molar-refractivity contribution in [1.29, 1.82) is 0 Å². The Kier molecular flexibility index (Phi) is 6.11. The van der Waals surface area contributed by atoms with Crippen LogP contribution in [0.25, 0.3) is 0 Å². The lowest BCUT2D eigenvalue weighted by Crippen LogP contribution is -2.45. The monoisotopic (exact) mass is 478 g/mol. The fourth-order valence-corrected chi connectivity index (χ4v) is 3.91. The Morgan fingerprint density at radius 2 is 1.83 bits per heavy atom.